The maximum atomic E-state index is 12.2. The van der Waals surface area contributed by atoms with E-state index < -0.39 is 34.0 Å². The Morgan fingerprint density at radius 3 is 2.57 bits per heavy atom. The van der Waals surface area contributed by atoms with E-state index in [1.807, 2.05) is 4.98 Å². The molecular weight excluding hydrogens is 218 g/mol. The number of aromatic amines is 1. The first-order chi connectivity index (χ1) is 6.45. The van der Waals surface area contributed by atoms with Gasteiger partial charge in [0.05, 0.1) is 5.56 Å². The molecule has 0 aromatic carbocycles. The summed E-state index contributed by atoms with van der Waals surface area (Å²) in [5.74, 6) is 0. The molecule has 0 amide bonds. The number of nitrogens with two attached hydrogens (primary N) is 1. The van der Waals surface area contributed by atoms with Crippen LogP contribution in [-0.4, -0.2) is 10.2 Å². The molecule has 7 heteroatoms. The lowest BCUT2D eigenvalue weighted by atomic mass is 10.2. The summed E-state index contributed by atoms with van der Waals surface area (Å²) in [6, 6.07) is 0. The summed E-state index contributed by atoms with van der Waals surface area (Å²) in [5, 5.41) is -1.04. The van der Waals surface area contributed by atoms with Crippen molar-refractivity contribution in [3.8, 4) is 0 Å². The van der Waals surface area contributed by atoms with Gasteiger partial charge in [-0.05, 0) is 11.6 Å². The molecule has 1 rings (SSSR count). The molecule has 0 radical (unpaired) electrons. The van der Waals surface area contributed by atoms with E-state index in [9.17, 15) is 18.4 Å². The van der Waals surface area contributed by atoms with E-state index in [0.717, 1.165) is 6.20 Å². The molecule has 0 saturated carbocycles. The van der Waals surface area contributed by atoms with Gasteiger partial charge in [0, 0.05) is 6.20 Å². The number of nitrogens with one attached hydrogen (secondary N) is 1. The number of aromatic nitrogens is 1. The minimum Gasteiger partial charge on any atom is -0.394 e. The van der Waals surface area contributed by atoms with Gasteiger partial charge >= 0.3 is 0 Å². The van der Waals surface area contributed by atoms with Gasteiger partial charge in [-0.3, -0.25) is 9.59 Å². The largest absolute Gasteiger partial charge is 0.394 e. The van der Waals surface area contributed by atoms with Crippen LogP contribution in [0.4, 0.5) is 14.5 Å². The van der Waals surface area contributed by atoms with Crippen LogP contribution in [-0.2, 0) is 0 Å². The van der Waals surface area contributed by atoms with E-state index in [-0.39, 0.29) is 0 Å². The molecule has 1 heterocycles. The monoisotopic (exact) mass is 222 g/mol. The number of pyridine rings is 1. The summed E-state index contributed by atoms with van der Waals surface area (Å²) in [4.78, 5) is 23.8. The van der Waals surface area contributed by atoms with Gasteiger partial charge < -0.3 is 10.7 Å². The molecule has 0 atom stereocenters. The molecule has 0 aliphatic carbocycles. The molecule has 0 bridgehead atoms. The Kier molecular flexibility index (Phi) is 2.85. The molecule has 1 aromatic rings. The second-order valence-electron chi connectivity index (χ2n) is 2.43. The second kappa shape index (κ2) is 3.75. The van der Waals surface area contributed by atoms with Crippen molar-refractivity contribution < 1.29 is 13.6 Å². The number of rotatable bonds is 2. The molecule has 4 nitrogen and oxygen atoms in total. The highest BCUT2D eigenvalue weighted by molar-refractivity contribution is 6.67. The standard InChI is InChI=1S/C7H5ClF2N2O2/c8-6(14)2-1-12-4(7(9)10)3(11)5(2)13/h1,7H,11H2,(H,12,13). The van der Waals surface area contributed by atoms with Gasteiger partial charge in [0.25, 0.3) is 11.7 Å². The van der Waals surface area contributed by atoms with Crippen LogP contribution in [0.5, 0.6) is 0 Å². The average molecular weight is 223 g/mol. The van der Waals surface area contributed by atoms with E-state index in [1.54, 1.807) is 0 Å². The van der Waals surface area contributed by atoms with Crippen LogP contribution in [0.15, 0.2) is 11.0 Å². The van der Waals surface area contributed by atoms with E-state index in [2.05, 4.69) is 0 Å². The Bertz CT molecular complexity index is 430. The van der Waals surface area contributed by atoms with Crippen LogP contribution in [0, 0.1) is 0 Å². The molecule has 0 fully saturated rings. The van der Waals surface area contributed by atoms with Crippen molar-refractivity contribution in [2.24, 2.45) is 0 Å². The van der Waals surface area contributed by atoms with Crippen molar-refractivity contribution in [2.45, 2.75) is 6.43 Å². The zero-order valence-corrected chi connectivity index (χ0v) is 7.44. The summed E-state index contributed by atoms with van der Waals surface area (Å²) >= 11 is 5.01. The predicted molar refractivity (Wildman–Crippen MR) is 46.6 cm³/mol. The van der Waals surface area contributed by atoms with Crippen LogP contribution in [0.2, 0.25) is 0 Å². The fourth-order valence-electron chi connectivity index (χ4n) is 0.887. The summed E-state index contributed by atoms with van der Waals surface area (Å²) in [6.45, 7) is 0. The van der Waals surface area contributed by atoms with Crippen molar-refractivity contribution in [3.63, 3.8) is 0 Å². The van der Waals surface area contributed by atoms with E-state index in [4.69, 9.17) is 17.3 Å². The number of nitrogen functional groups attached to an aromatic ring is 1. The average Bonchev–Trinajstić information content (AvgIpc) is 2.08. The number of halogens is 3. The van der Waals surface area contributed by atoms with Crippen molar-refractivity contribution in [2.75, 3.05) is 5.73 Å². The van der Waals surface area contributed by atoms with Gasteiger partial charge in [-0.25, -0.2) is 8.78 Å². The third-order valence-corrected chi connectivity index (χ3v) is 1.79. The number of anilines is 1. The first kappa shape index (κ1) is 10.6. The van der Waals surface area contributed by atoms with Crippen molar-refractivity contribution in [1.29, 1.82) is 0 Å². The van der Waals surface area contributed by atoms with Crippen LogP contribution < -0.4 is 11.2 Å². The number of hydrogen-bond acceptors (Lipinski definition) is 3. The number of carbonyl (C=O) groups is 1. The molecule has 0 unspecified atom stereocenters. The van der Waals surface area contributed by atoms with Gasteiger partial charge in [-0.2, -0.15) is 0 Å². The quantitative estimate of drug-likeness (QED) is 0.740. The number of hydrogen-bond donors (Lipinski definition) is 2. The Hall–Kier alpha value is -1.43. The minimum atomic E-state index is -2.90. The normalized spacial score (nSPS) is 10.6. The molecule has 14 heavy (non-hydrogen) atoms. The highest BCUT2D eigenvalue weighted by Gasteiger charge is 2.18. The van der Waals surface area contributed by atoms with E-state index in [0.29, 0.717) is 0 Å². The van der Waals surface area contributed by atoms with Crippen molar-refractivity contribution in [1.82, 2.24) is 4.98 Å². The van der Waals surface area contributed by atoms with Gasteiger partial charge in [-0.15, -0.1) is 0 Å². The second-order valence-corrected chi connectivity index (χ2v) is 2.78. The Balaban J connectivity index is 3.42. The van der Waals surface area contributed by atoms with Crippen LogP contribution in [0.3, 0.4) is 0 Å². The lowest BCUT2D eigenvalue weighted by Gasteiger charge is -2.04. The lowest BCUT2D eigenvalue weighted by molar-refractivity contribution is 0.107. The molecule has 3 N–H and O–H groups in total. The molecule has 0 spiro atoms. The SMILES string of the molecule is Nc1c(C(F)F)[nH]cc(C(=O)Cl)c1=O. The summed E-state index contributed by atoms with van der Waals surface area (Å²) in [5.41, 5.74) is 2.25. The Morgan fingerprint density at radius 1 is 1.57 bits per heavy atom. The highest BCUT2D eigenvalue weighted by Crippen LogP contribution is 2.20. The molecule has 0 saturated heterocycles. The van der Waals surface area contributed by atoms with E-state index >= 15 is 0 Å². The number of carbonyl (C=O) groups excluding carboxylic acids is 1. The third kappa shape index (κ3) is 1.74. The third-order valence-electron chi connectivity index (χ3n) is 1.58. The predicted octanol–water partition coefficient (Wildman–Crippen LogP) is 1.27. The summed E-state index contributed by atoms with van der Waals surface area (Å²) in [6.07, 6.45) is -2.09. The zero-order valence-electron chi connectivity index (χ0n) is 6.68. The van der Waals surface area contributed by atoms with Crippen molar-refractivity contribution in [3.05, 3.63) is 27.7 Å². The van der Waals surface area contributed by atoms with Gasteiger partial charge in [0.1, 0.15) is 11.4 Å². The minimum absolute atomic E-state index is 0.450. The number of H-pyrrole nitrogens is 1. The highest BCUT2D eigenvalue weighted by atomic mass is 35.5. The van der Waals surface area contributed by atoms with Crippen molar-refractivity contribution >= 4 is 22.5 Å². The zero-order chi connectivity index (χ0) is 10.9. The van der Waals surface area contributed by atoms with Gasteiger partial charge in [-0.1, -0.05) is 0 Å². The Morgan fingerprint density at radius 2 is 2.14 bits per heavy atom. The summed E-state index contributed by atoms with van der Waals surface area (Å²) in [7, 11) is 0. The molecule has 0 aliphatic heterocycles. The first-order valence-corrected chi connectivity index (χ1v) is 3.82. The number of alkyl halides is 2. The van der Waals surface area contributed by atoms with Crippen LogP contribution in [0.25, 0.3) is 0 Å². The topological polar surface area (TPSA) is 76.0 Å². The molecule has 1 aromatic heterocycles. The fourth-order valence-corrected chi connectivity index (χ4v) is 1.03. The maximum absolute atomic E-state index is 12.2. The van der Waals surface area contributed by atoms with Crippen LogP contribution in [0.1, 0.15) is 22.5 Å². The summed E-state index contributed by atoms with van der Waals surface area (Å²) < 4.78 is 24.3. The lowest BCUT2D eigenvalue weighted by Crippen LogP contribution is -2.19. The van der Waals surface area contributed by atoms with Gasteiger partial charge in [0.2, 0.25) is 5.43 Å². The van der Waals surface area contributed by atoms with Gasteiger partial charge in [0.15, 0.2) is 0 Å². The molecule has 76 valence electrons. The first-order valence-electron chi connectivity index (χ1n) is 3.44. The fraction of sp³-hybridized carbons (Fsp3) is 0.143. The van der Waals surface area contributed by atoms with Crippen LogP contribution >= 0.6 is 11.6 Å². The Labute approximate surface area is 81.7 Å². The molecule has 0 aliphatic rings. The maximum Gasteiger partial charge on any atom is 0.280 e. The molecular formula is C7H5ClF2N2O2. The van der Waals surface area contributed by atoms with E-state index in [1.165, 1.54) is 0 Å². The smallest absolute Gasteiger partial charge is 0.280 e.